The Balaban J connectivity index is 0.000000179. The lowest BCUT2D eigenvalue weighted by atomic mass is 10.1. The number of aliphatic hydroxyl groups is 2. The summed E-state index contributed by atoms with van der Waals surface area (Å²) in [5.41, 5.74) is 8.47. The van der Waals surface area contributed by atoms with Crippen LogP contribution in [0.4, 0.5) is 49.1 Å². The third-order valence-corrected chi connectivity index (χ3v) is 20.8. The van der Waals surface area contributed by atoms with E-state index in [1.165, 1.54) is 39.4 Å². The fraction of sp³-hybridized carbons (Fsp3) is 0.155. The Bertz CT molecular complexity index is 5800. The molecule has 0 radical (unpaired) electrons. The van der Waals surface area contributed by atoms with Crippen LogP contribution in [0.5, 0.6) is 0 Å². The van der Waals surface area contributed by atoms with Crippen LogP contribution < -0.4 is 21.3 Å². The fourth-order valence-electron chi connectivity index (χ4n) is 11.1. The minimum atomic E-state index is -4.60. The molecule has 34 heteroatoms. The van der Waals surface area contributed by atoms with Crippen LogP contribution >= 0.6 is 53.8 Å². The molecule has 6 aromatic heterocycles. The molecule has 0 fully saturated rings. The Morgan fingerprint density at radius 1 is 0.458 bits per heavy atom. The fourth-order valence-corrected chi connectivity index (χ4v) is 14.2. The highest BCUT2D eigenvalue weighted by atomic mass is 35.5. The quantitative estimate of drug-likeness (QED) is 0.0221. The van der Waals surface area contributed by atoms with Gasteiger partial charge in [0.15, 0.2) is 9.84 Å². The van der Waals surface area contributed by atoms with Crippen molar-refractivity contribution < 1.29 is 82.8 Å². The highest BCUT2D eigenvalue weighted by Crippen LogP contribution is 2.46. The molecule has 12 aromatic rings. The molecule has 22 nitrogen and oxygen atoms in total. The van der Waals surface area contributed by atoms with Crippen molar-refractivity contribution in [3.05, 3.63) is 318 Å². The van der Waals surface area contributed by atoms with Crippen molar-refractivity contribution in [2.45, 2.75) is 58.3 Å². The van der Waals surface area contributed by atoms with Crippen molar-refractivity contribution in [2.24, 2.45) is 0 Å². The molecule has 1 unspecified atom stereocenters. The number of alkyl halides is 6. The number of carbonyl (C=O) groups is 5. The summed E-state index contributed by atoms with van der Waals surface area (Å²) in [4.78, 5) is 85.7. The molecule has 0 aliphatic heterocycles. The van der Waals surface area contributed by atoms with Crippen molar-refractivity contribution >= 4 is 116 Å². The summed E-state index contributed by atoms with van der Waals surface area (Å²) in [6.07, 6.45) is -1.57. The molecule has 0 bridgehead atoms. The molecule has 610 valence electrons. The van der Waals surface area contributed by atoms with Gasteiger partial charge < -0.3 is 40.7 Å². The summed E-state index contributed by atoms with van der Waals surface area (Å²) in [7, 11) is -4.54. The van der Waals surface area contributed by atoms with E-state index >= 15 is 0 Å². The van der Waals surface area contributed by atoms with Crippen molar-refractivity contribution in [1.29, 1.82) is 0 Å². The number of aliphatic hydroxyl groups excluding tert-OH is 2. The van der Waals surface area contributed by atoms with Crippen LogP contribution in [-0.2, 0) is 61.1 Å². The zero-order valence-corrected chi connectivity index (χ0v) is 67.9. The number of carbonyl (C=O) groups excluding carboxylic acids is 5. The second-order valence-electron chi connectivity index (χ2n) is 25.9. The lowest BCUT2D eigenvalue weighted by Gasteiger charge is -2.13. The molecule has 1 atom stereocenters. The van der Waals surface area contributed by atoms with Crippen LogP contribution in [0.2, 0.25) is 20.1 Å². The number of esters is 1. The van der Waals surface area contributed by atoms with Gasteiger partial charge in [-0.25, -0.2) is 23.2 Å². The zero-order chi connectivity index (χ0) is 85.8. The van der Waals surface area contributed by atoms with Gasteiger partial charge in [0, 0.05) is 100 Å². The third-order valence-electron chi connectivity index (χ3n) is 16.8. The number of nitrogens with one attached hydrogen (secondary N) is 4. The maximum absolute atomic E-state index is 12.8. The van der Waals surface area contributed by atoms with Crippen LogP contribution in [0, 0.1) is 13.8 Å². The van der Waals surface area contributed by atoms with E-state index in [-0.39, 0.29) is 58.9 Å². The number of hydrogen-bond donors (Lipinski definition) is 6. The van der Waals surface area contributed by atoms with E-state index in [0.29, 0.717) is 117 Å². The number of benzene rings is 6. The van der Waals surface area contributed by atoms with E-state index in [9.17, 15) is 63.3 Å². The summed E-state index contributed by atoms with van der Waals surface area (Å²) in [5, 5.41) is 31.0. The van der Waals surface area contributed by atoms with Gasteiger partial charge in [-0.15, -0.1) is 0 Å². The number of amides is 4. The number of halogens is 10. The number of sulfone groups is 1. The molecule has 118 heavy (non-hydrogen) atoms. The number of aromatic nitrogens is 6. The van der Waals surface area contributed by atoms with E-state index < -0.39 is 58.7 Å². The van der Waals surface area contributed by atoms with Crippen LogP contribution in [-0.4, -0.2) is 105 Å². The lowest BCUT2D eigenvalue weighted by molar-refractivity contribution is -0.142. The topological polar surface area (TPSA) is 321 Å². The van der Waals surface area contributed by atoms with E-state index in [2.05, 4.69) is 55.9 Å². The number of hydrogen-bond acceptors (Lipinski definition) is 18. The van der Waals surface area contributed by atoms with Gasteiger partial charge in [-0.05, 0) is 201 Å². The van der Waals surface area contributed by atoms with E-state index in [1.807, 2.05) is 25.1 Å². The maximum atomic E-state index is 12.8. The molecule has 6 heterocycles. The Morgan fingerprint density at radius 2 is 0.814 bits per heavy atom. The molecule has 6 aromatic carbocycles. The molecule has 0 spiro atoms. The van der Waals surface area contributed by atoms with Crippen LogP contribution in [0.25, 0.3) is 45.0 Å². The minimum absolute atomic E-state index is 0.00468. The summed E-state index contributed by atoms with van der Waals surface area (Å²) in [6, 6.07) is 52.4. The predicted molar refractivity (Wildman–Crippen MR) is 442 cm³/mol. The van der Waals surface area contributed by atoms with Crippen LogP contribution in [0.1, 0.15) is 104 Å². The molecular formula is C84H71Cl4F6N10O12PS. The van der Waals surface area contributed by atoms with Gasteiger partial charge in [-0.1, -0.05) is 88.9 Å². The van der Waals surface area contributed by atoms with Gasteiger partial charge in [-0.2, -0.15) is 26.3 Å². The van der Waals surface area contributed by atoms with Gasteiger partial charge in [-0.3, -0.25) is 43.7 Å². The molecule has 0 aliphatic rings. The molecular weight excluding hydrogens is 1660 g/mol. The molecule has 0 saturated heterocycles. The van der Waals surface area contributed by atoms with Gasteiger partial charge in [0.1, 0.15) is 11.4 Å². The highest BCUT2D eigenvalue weighted by Gasteiger charge is 2.34. The van der Waals surface area contributed by atoms with Crippen LogP contribution in [0.3, 0.4) is 0 Å². The third kappa shape index (κ3) is 25.7. The SMILES string of the molecule is CCOP(C)(=O)Cc1ccc(C(=O)Nc2ccc(Cl)c(-c3ccccn3)c2)cc1.COC(=O)c1ccc(-c2cc(NC(=O)c3ccc(C(F)(F)F)nc3C)ccc2Cl)nc1.CS(=O)(=O)Cc1ccc(C(=O)Nc2ccc(Cl)c(-c3ccc(CO)cn3)c2)cc1.Cc1nc(C(F)(F)F)ccc1C(=O)Nc1ccc(Cl)c(-c2ccc(CO)cn2)c1. The molecule has 6 N–H and O–H groups in total. The Hall–Kier alpha value is -11.6. The van der Waals surface area contributed by atoms with E-state index in [0.717, 1.165) is 47.3 Å². The molecule has 12 rings (SSSR count). The second-order valence-corrected chi connectivity index (χ2v) is 32.2. The number of ether oxygens (including phenoxy) is 1. The monoisotopic (exact) mass is 1730 g/mol. The average Bonchev–Trinajstić information content (AvgIpc) is 0.820. The summed E-state index contributed by atoms with van der Waals surface area (Å²) in [6.45, 7) is 6.28. The minimum Gasteiger partial charge on any atom is -0.465 e. The van der Waals surface area contributed by atoms with Gasteiger partial charge >= 0.3 is 18.3 Å². The summed E-state index contributed by atoms with van der Waals surface area (Å²) < 4.78 is 122. The predicted octanol–water partition coefficient (Wildman–Crippen LogP) is 19.8. The summed E-state index contributed by atoms with van der Waals surface area (Å²) >= 11 is 25.0. The number of methoxy groups -OCH3 is 1. The zero-order valence-electron chi connectivity index (χ0n) is 63.2. The molecule has 0 aliphatic carbocycles. The van der Waals surface area contributed by atoms with E-state index in [4.69, 9.17) is 61.1 Å². The number of pyridine rings is 6. The number of nitrogens with zero attached hydrogens (tertiary/aromatic N) is 6. The van der Waals surface area contributed by atoms with Crippen molar-refractivity contribution in [3.63, 3.8) is 0 Å². The van der Waals surface area contributed by atoms with Gasteiger partial charge in [0.25, 0.3) is 23.6 Å². The van der Waals surface area contributed by atoms with Crippen molar-refractivity contribution in [2.75, 3.05) is 47.9 Å². The van der Waals surface area contributed by atoms with Crippen molar-refractivity contribution in [3.8, 4) is 45.0 Å². The van der Waals surface area contributed by atoms with Crippen LogP contribution in [0.15, 0.2) is 225 Å². The smallest absolute Gasteiger partial charge is 0.433 e. The Kier molecular flexibility index (Phi) is 31.0. The largest absolute Gasteiger partial charge is 0.465 e. The summed E-state index contributed by atoms with van der Waals surface area (Å²) in [5.74, 6) is -2.39. The standard InChI is InChI=1S/C22H22ClN2O3P.C21H15ClF3N3O3.C21H19ClN2O4S.C20H15ClF3N3O2/c1-3-28-29(2,27)15-16-7-9-17(10-8-16)22(26)25-18-11-12-20(23)19(14-18)21-6-4-5-13-24-21;1-11-14(5-8-18(27-11)21(23,24)25)19(29)28-13-4-6-16(22)15(9-13)17-7-3-12(10-26-17)20(30)31-2;1-29(27,28)13-14-2-5-16(6-3-14)21(26)24-17-7-8-19(22)18(10-17)20-9-4-15(12-25)11-23-20;1-11-14(4-7-18(26-11)20(22,23)24)19(29)27-13-3-5-16(21)15(8-13)17-6-2-12(10-28)9-25-17/h4-14H,3,15H2,1-2H3,(H,25,26);3-10H,1-2H3,(H,28,29);2-11,25H,12-13H2,1H3,(H,24,26);2-9,28H,10H2,1H3,(H,27,29). The molecule has 4 amide bonds. The average molecular weight is 1730 g/mol. The lowest BCUT2D eigenvalue weighted by Crippen LogP contribution is -2.16. The number of anilines is 4. The highest BCUT2D eigenvalue weighted by molar-refractivity contribution is 7.89. The first-order chi connectivity index (χ1) is 55.9. The molecule has 0 saturated carbocycles. The number of aryl methyl sites for hydroxylation is 2. The normalized spacial score (nSPS) is 11.7. The van der Waals surface area contributed by atoms with E-state index in [1.54, 1.807) is 171 Å². The maximum Gasteiger partial charge on any atom is 0.433 e. The van der Waals surface area contributed by atoms with Gasteiger partial charge in [0.05, 0.1) is 104 Å². The second kappa shape index (κ2) is 40.5. The first kappa shape index (κ1) is 90.3. The Morgan fingerprint density at radius 3 is 1.13 bits per heavy atom. The first-order valence-corrected chi connectivity index (χ1v) is 40.9. The first-order valence-electron chi connectivity index (χ1n) is 35.1. The van der Waals surface area contributed by atoms with Crippen molar-refractivity contribution in [1.82, 2.24) is 29.9 Å². The van der Waals surface area contributed by atoms with Gasteiger partial charge in [0.2, 0.25) is 7.37 Å². The Labute approximate surface area is 693 Å². The number of rotatable bonds is 21.